The molecule has 0 saturated heterocycles. The molecule has 0 aliphatic rings. The van der Waals surface area contributed by atoms with Crippen molar-refractivity contribution in [3.63, 3.8) is 0 Å². The Bertz CT molecular complexity index is 569. The molecule has 0 radical (unpaired) electrons. The Labute approximate surface area is 115 Å². The summed E-state index contributed by atoms with van der Waals surface area (Å²) in [7, 11) is 0. The Hall–Kier alpha value is -1.35. The number of rotatable bonds is 4. The lowest BCUT2D eigenvalue weighted by Crippen LogP contribution is -2.32. The molecule has 2 rings (SSSR count). The molecule has 2 atom stereocenters. The lowest BCUT2D eigenvalue weighted by Gasteiger charge is -2.23. The van der Waals surface area contributed by atoms with Crippen molar-refractivity contribution in [1.82, 2.24) is 9.55 Å². The maximum atomic E-state index is 9.07. The minimum absolute atomic E-state index is 0.0824. The van der Waals surface area contributed by atoms with Crippen LogP contribution in [-0.2, 0) is 0 Å². The summed E-state index contributed by atoms with van der Waals surface area (Å²) in [6.45, 7) is 2.02. The second-order valence-corrected chi connectivity index (χ2v) is 5.68. The molecule has 2 aromatic rings. The maximum Gasteiger partial charge on any atom is 0.213 e. The van der Waals surface area contributed by atoms with Gasteiger partial charge in [0.2, 0.25) is 5.82 Å². The van der Waals surface area contributed by atoms with Crippen molar-refractivity contribution in [2.24, 2.45) is 5.73 Å². The van der Waals surface area contributed by atoms with Crippen LogP contribution in [0.25, 0.3) is 0 Å². The summed E-state index contributed by atoms with van der Waals surface area (Å²) >= 11 is 7.46. The van der Waals surface area contributed by atoms with E-state index in [-0.39, 0.29) is 12.1 Å². The number of nitrogens with two attached hydrogens (primary N) is 1. The predicted octanol–water partition coefficient (Wildman–Crippen LogP) is 2.80. The standard InChI is InChI=1S/C12H13ClN4S/c1-2-8(15)12(9-3-4-10(13)18-9)17-6-5-16-11(17)7-14/h3-6,8,12H,2,15H2,1H3. The summed E-state index contributed by atoms with van der Waals surface area (Å²) in [5.74, 6) is 0.369. The number of imidazole rings is 1. The van der Waals surface area contributed by atoms with Gasteiger partial charge in [0.05, 0.1) is 10.4 Å². The predicted molar refractivity (Wildman–Crippen MR) is 72.7 cm³/mol. The van der Waals surface area contributed by atoms with Gasteiger partial charge in [-0.3, -0.25) is 0 Å². The molecule has 94 valence electrons. The monoisotopic (exact) mass is 280 g/mol. The van der Waals surface area contributed by atoms with Crippen molar-refractivity contribution in [2.75, 3.05) is 0 Å². The van der Waals surface area contributed by atoms with Crippen LogP contribution in [0.4, 0.5) is 0 Å². The second-order valence-electron chi connectivity index (χ2n) is 3.93. The first kappa shape index (κ1) is 13.1. The van der Waals surface area contributed by atoms with Crippen molar-refractivity contribution >= 4 is 22.9 Å². The highest BCUT2D eigenvalue weighted by atomic mass is 35.5. The van der Waals surface area contributed by atoms with Gasteiger partial charge in [-0.05, 0) is 18.6 Å². The summed E-state index contributed by atoms with van der Waals surface area (Å²) < 4.78 is 2.54. The molecule has 0 fully saturated rings. The fourth-order valence-electron chi connectivity index (χ4n) is 1.89. The molecule has 2 aromatic heterocycles. The molecule has 0 amide bonds. The molecular formula is C12H13ClN4S. The zero-order valence-electron chi connectivity index (χ0n) is 9.88. The van der Waals surface area contributed by atoms with Crippen LogP contribution in [0.3, 0.4) is 0 Å². The topological polar surface area (TPSA) is 67.6 Å². The number of hydrogen-bond acceptors (Lipinski definition) is 4. The third kappa shape index (κ3) is 2.41. The number of thiophene rings is 1. The van der Waals surface area contributed by atoms with Crippen LogP contribution in [0, 0.1) is 11.3 Å². The first-order chi connectivity index (χ1) is 8.67. The maximum absolute atomic E-state index is 9.07. The molecule has 6 heteroatoms. The summed E-state index contributed by atoms with van der Waals surface area (Å²) in [6.07, 6.45) is 4.21. The molecule has 0 spiro atoms. The van der Waals surface area contributed by atoms with Gasteiger partial charge in [-0.2, -0.15) is 5.26 Å². The average molecular weight is 281 g/mol. The summed E-state index contributed by atoms with van der Waals surface area (Å²) in [4.78, 5) is 5.07. The van der Waals surface area contributed by atoms with Crippen molar-refractivity contribution in [2.45, 2.75) is 25.4 Å². The summed E-state index contributed by atoms with van der Waals surface area (Å²) in [5, 5.41) is 9.07. The number of halogens is 1. The van der Waals surface area contributed by atoms with Crippen molar-refractivity contribution in [1.29, 1.82) is 5.26 Å². The fraction of sp³-hybridized carbons (Fsp3) is 0.333. The number of aromatic nitrogens is 2. The highest BCUT2D eigenvalue weighted by Crippen LogP contribution is 2.32. The Kier molecular flexibility index (Phi) is 4.02. The lowest BCUT2D eigenvalue weighted by atomic mass is 10.0. The Balaban J connectivity index is 2.47. The van der Waals surface area contributed by atoms with Gasteiger partial charge in [0.25, 0.3) is 0 Å². The third-order valence-corrected chi connectivity index (χ3v) is 4.13. The van der Waals surface area contributed by atoms with Gasteiger partial charge >= 0.3 is 0 Å². The minimum atomic E-state index is -0.0929. The SMILES string of the molecule is CCC(N)C(c1ccc(Cl)s1)n1ccnc1C#N. The van der Waals surface area contributed by atoms with E-state index in [2.05, 4.69) is 11.1 Å². The molecule has 4 nitrogen and oxygen atoms in total. The largest absolute Gasteiger partial charge is 0.326 e. The number of hydrogen-bond donors (Lipinski definition) is 1. The highest BCUT2D eigenvalue weighted by molar-refractivity contribution is 7.16. The molecular weight excluding hydrogens is 268 g/mol. The lowest BCUT2D eigenvalue weighted by molar-refractivity contribution is 0.461. The van der Waals surface area contributed by atoms with E-state index in [0.717, 1.165) is 15.6 Å². The van der Waals surface area contributed by atoms with Crippen LogP contribution in [0.15, 0.2) is 24.5 Å². The Morgan fingerprint density at radius 1 is 1.61 bits per heavy atom. The summed E-state index contributed by atoms with van der Waals surface area (Å²) in [6, 6.07) is 5.70. The van der Waals surface area contributed by atoms with Crippen LogP contribution in [-0.4, -0.2) is 15.6 Å². The zero-order chi connectivity index (χ0) is 13.1. The average Bonchev–Trinajstić information content (AvgIpc) is 2.99. The molecule has 2 unspecified atom stereocenters. The first-order valence-electron chi connectivity index (χ1n) is 5.61. The van der Waals surface area contributed by atoms with Crippen molar-refractivity contribution in [3.8, 4) is 6.07 Å². The second kappa shape index (κ2) is 5.53. The van der Waals surface area contributed by atoms with Crippen LogP contribution < -0.4 is 5.73 Å². The van der Waals surface area contributed by atoms with Crippen LogP contribution in [0.1, 0.15) is 30.1 Å². The van der Waals surface area contributed by atoms with E-state index in [0.29, 0.717) is 5.82 Å². The molecule has 2 N–H and O–H groups in total. The summed E-state index contributed by atoms with van der Waals surface area (Å²) in [5.41, 5.74) is 6.18. The van der Waals surface area contributed by atoms with Gasteiger partial charge in [-0.15, -0.1) is 11.3 Å². The number of nitrogens with zero attached hydrogens (tertiary/aromatic N) is 3. The zero-order valence-corrected chi connectivity index (χ0v) is 11.4. The van der Waals surface area contributed by atoms with E-state index in [1.807, 2.05) is 23.6 Å². The van der Waals surface area contributed by atoms with Gasteiger partial charge in [0, 0.05) is 23.3 Å². The third-order valence-electron chi connectivity index (χ3n) is 2.83. The quantitative estimate of drug-likeness (QED) is 0.936. The molecule has 0 bridgehead atoms. The fourth-order valence-corrected chi connectivity index (χ4v) is 3.13. The van der Waals surface area contributed by atoms with Crippen LogP contribution in [0.5, 0.6) is 0 Å². The minimum Gasteiger partial charge on any atom is -0.326 e. The van der Waals surface area contributed by atoms with Crippen LogP contribution >= 0.6 is 22.9 Å². The number of nitriles is 1. The van der Waals surface area contributed by atoms with E-state index < -0.39 is 0 Å². The van der Waals surface area contributed by atoms with Gasteiger partial charge in [-0.1, -0.05) is 18.5 Å². The van der Waals surface area contributed by atoms with E-state index in [1.165, 1.54) is 11.3 Å². The molecule has 0 saturated carbocycles. The van der Waals surface area contributed by atoms with Gasteiger partial charge < -0.3 is 10.3 Å². The van der Waals surface area contributed by atoms with Crippen LogP contribution in [0.2, 0.25) is 4.34 Å². The van der Waals surface area contributed by atoms with Crippen molar-refractivity contribution < 1.29 is 0 Å². The Morgan fingerprint density at radius 3 is 2.94 bits per heavy atom. The molecule has 18 heavy (non-hydrogen) atoms. The van der Waals surface area contributed by atoms with E-state index >= 15 is 0 Å². The van der Waals surface area contributed by atoms with Gasteiger partial charge in [0.1, 0.15) is 6.07 Å². The highest BCUT2D eigenvalue weighted by Gasteiger charge is 2.24. The molecule has 0 aliphatic carbocycles. The normalized spacial score (nSPS) is 14.1. The Morgan fingerprint density at radius 2 is 2.39 bits per heavy atom. The first-order valence-corrected chi connectivity index (χ1v) is 6.80. The molecule has 0 aliphatic heterocycles. The molecule has 2 heterocycles. The van der Waals surface area contributed by atoms with E-state index in [4.69, 9.17) is 22.6 Å². The molecule has 0 aromatic carbocycles. The van der Waals surface area contributed by atoms with Gasteiger partial charge in [-0.25, -0.2) is 4.98 Å². The van der Waals surface area contributed by atoms with E-state index in [1.54, 1.807) is 12.4 Å². The van der Waals surface area contributed by atoms with Crippen molar-refractivity contribution in [3.05, 3.63) is 39.6 Å². The van der Waals surface area contributed by atoms with E-state index in [9.17, 15) is 0 Å². The van der Waals surface area contributed by atoms with Gasteiger partial charge in [0.15, 0.2) is 0 Å². The smallest absolute Gasteiger partial charge is 0.213 e.